The van der Waals surface area contributed by atoms with E-state index in [1.165, 1.54) is 17.0 Å². The summed E-state index contributed by atoms with van der Waals surface area (Å²) in [6.07, 6.45) is 1.89. The number of nitrogens with one attached hydrogen (secondary N) is 1. The first-order valence-corrected chi connectivity index (χ1v) is 8.46. The normalized spacial score (nSPS) is 17.1. The second-order valence-electron chi connectivity index (χ2n) is 6.03. The van der Waals surface area contributed by atoms with E-state index in [4.69, 9.17) is 5.26 Å². The standard InChI is InChI=1S/C18H23FN4O2/c1-3-23(18(25)16-8-5-9-17(24)22(16)2)11-10-21-15-7-4-6-14(19)13(15)12-20/h4,6-7,16,21H,3,5,8-11H2,1-2H3. The van der Waals surface area contributed by atoms with Crippen molar-refractivity contribution in [1.82, 2.24) is 9.80 Å². The van der Waals surface area contributed by atoms with Crippen molar-refractivity contribution >= 4 is 17.5 Å². The minimum absolute atomic E-state index is 0.00259. The number of hydrogen-bond acceptors (Lipinski definition) is 4. The highest BCUT2D eigenvalue weighted by molar-refractivity contribution is 5.88. The van der Waals surface area contributed by atoms with Crippen LogP contribution in [0.4, 0.5) is 10.1 Å². The molecule has 0 saturated carbocycles. The summed E-state index contributed by atoms with van der Waals surface area (Å²) in [4.78, 5) is 27.7. The maximum atomic E-state index is 13.6. The van der Waals surface area contributed by atoms with Crippen molar-refractivity contribution in [3.63, 3.8) is 0 Å². The first-order chi connectivity index (χ1) is 12.0. The topological polar surface area (TPSA) is 76.4 Å². The van der Waals surface area contributed by atoms with Crippen molar-refractivity contribution in [2.24, 2.45) is 0 Å². The predicted octanol–water partition coefficient (Wildman–Crippen LogP) is 1.97. The van der Waals surface area contributed by atoms with Gasteiger partial charge >= 0.3 is 0 Å². The van der Waals surface area contributed by atoms with E-state index < -0.39 is 11.9 Å². The number of carbonyl (C=O) groups excluding carboxylic acids is 2. The summed E-state index contributed by atoms with van der Waals surface area (Å²) >= 11 is 0. The SMILES string of the molecule is CCN(CCNc1cccc(F)c1C#N)C(=O)C1CCCC(=O)N1C. The van der Waals surface area contributed by atoms with Crippen LogP contribution in [0.3, 0.4) is 0 Å². The van der Waals surface area contributed by atoms with Gasteiger partial charge in [0.15, 0.2) is 0 Å². The van der Waals surface area contributed by atoms with Gasteiger partial charge in [0.2, 0.25) is 11.8 Å². The van der Waals surface area contributed by atoms with Gasteiger partial charge in [-0.3, -0.25) is 9.59 Å². The quantitative estimate of drug-likeness (QED) is 0.854. The zero-order valence-electron chi connectivity index (χ0n) is 14.6. The van der Waals surface area contributed by atoms with Gasteiger partial charge in [0.1, 0.15) is 23.5 Å². The summed E-state index contributed by atoms with van der Waals surface area (Å²) < 4.78 is 13.6. The lowest BCUT2D eigenvalue weighted by atomic mass is 10.0. The molecule has 6 nitrogen and oxygen atoms in total. The van der Waals surface area contributed by atoms with Crippen LogP contribution in [-0.2, 0) is 9.59 Å². The van der Waals surface area contributed by atoms with E-state index in [0.29, 0.717) is 38.2 Å². The Morgan fingerprint density at radius 3 is 2.96 bits per heavy atom. The molecule has 2 amide bonds. The van der Waals surface area contributed by atoms with Gasteiger partial charge in [0, 0.05) is 33.1 Å². The molecule has 1 aliphatic rings. The van der Waals surface area contributed by atoms with Crippen LogP contribution < -0.4 is 5.32 Å². The fraction of sp³-hybridized carbons (Fsp3) is 0.500. The van der Waals surface area contributed by atoms with Gasteiger partial charge in [-0.05, 0) is 31.9 Å². The Morgan fingerprint density at radius 2 is 2.28 bits per heavy atom. The zero-order valence-corrected chi connectivity index (χ0v) is 14.6. The van der Waals surface area contributed by atoms with Crippen molar-refractivity contribution in [2.75, 3.05) is 32.0 Å². The third-order valence-electron chi connectivity index (χ3n) is 4.53. The van der Waals surface area contributed by atoms with Gasteiger partial charge in [0.25, 0.3) is 0 Å². The molecule has 1 N–H and O–H groups in total. The number of benzene rings is 1. The highest BCUT2D eigenvalue weighted by atomic mass is 19.1. The number of likely N-dealkylation sites (tertiary alicyclic amines) is 1. The number of rotatable bonds is 6. The first-order valence-electron chi connectivity index (χ1n) is 8.46. The number of amides is 2. The number of anilines is 1. The van der Waals surface area contributed by atoms with Gasteiger partial charge in [-0.2, -0.15) is 5.26 Å². The molecule has 1 aliphatic heterocycles. The smallest absolute Gasteiger partial charge is 0.245 e. The van der Waals surface area contributed by atoms with Crippen LogP contribution >= 0.6 is 0 Å². The molecule has 1 unspecified atom stereocenters. The van der Waals surface area contributed by atoms with E-state index in [2.05, 4.69) is 5.32 Å². The molecule has 0 bridgehead atoms. The van der Waals surface area contributed by atoms with Crippen LogP contribution in [0, 0.1) is 17.1 Å². The molecule has 1 heterocycles. The lowest BCUT2D eigenvalue weighted by Gasteiger charge is -2.35. The van der Waals surface area contributed by atoms with Gasteiger partial charge in [-0.15, -0.1) is 0 Å². The molecule has 7 heteroatoms. The molecular formula is C18H23FN4O2. The summed E-state index contributed by atoms with van der Waals surface area (Å²) in [6.45, 7) is 3.20. The van der Waals surface area contributed by atoms with Crippen LogP contribution in [0.25, 0.3) is 0 Å². The molecule has 1 saturated heterocycles. The average molecular weight is 346 g/mol. The number of hydrogen-bond donors (Lipinski definition) is 1. The third kappa shape index (κ3) is 4.27. The van der Waals surface area contributed by atoms with Crippen molar-refractivity contribution in [2.45, 2.75) is 32.2 Å². The van der Waals surface area contributed by atoms with E-state index in [9.17, 15) is 14.0 Å². The fourth-order valence-electron chi connectivity index (χ4n) is 3.03. The molecule has 1 aromatic carbocycles. The molecule has 1 aromatic rings. The predicted molar refractivity (Wildman–Crippen MR) is 92.3 cm³/mol. The summed E-state index contributed by atoms with van der Waals surface area (Å²) in [5.41, 5.74) is 0.380. The average Bonchev–Trinajstić information content (AvgIpc) is 2.60. The minimum atomic E-state index is -0.571. The molecule has 0 aromatic heterocycles. The number of likely N-dealkylation sites (N-methyl/N-ethyl adjacent to an activating group) is 2. The van der Waals surface area contributed by atoms with Crippen molar-refractivity contribution in [1.29, 1.82) is 5.26 Å². The molecule has 1 fully saturated rings. The second-order valence-corrected chi connectivity index (χ2v) is 6.03. The lowest BCUT2D eigenvalue weighted by Crippen LogP contribution is -2.52. The highest BCUT2D eigenvalue weighted by Crippen LogP contribution is 2.19. The molecule has 0 spiro atoms. The molecule has 134 valence electrons. The number of halogens is 1. The Kier molecular flexibility index (Phi) is 6.34. The number of nitriles is 1. The first kappa shape index (κ1) is 18.7. The van der Waals surface area contributed by atoms with Crippen molar-refractivity contribution < 1.29 is 14.0 Å². The lowest BCUT2D eigenvalue weighted by molar-refractivity contribution is -0.147. The summed E-state index contributed by atoms with van der Waals surface area (Å²) in [5.74, 6) is -0.643. The number of nitrogens with zero attached hydrogens (tertiary/aromatic N) is 3. The molecular weight excluding hydrogens is 323 g/mol. The van der Waals surface area contributed by atoms with Crippen LogP contribution in [0.5, 0.6) is 0 Å². The Balaban J connectivity index is 1.96. The minimum Gasteiger partial charge on any atom is -0.382 e. The van der Waals surface area contributed by atoms with Crippen molar-refractivity contribution in [3.05, 3.63) is 29.6 Å². The Bertz CT molecular complexity index is 686. The van der Waals surface area contributed by atoms with Crippen LogP contribution in [0.2, 0.25) is 0 Å². The summed E-state index contributed by atoms with van der Waals surface area (Å²) in [7, 11) is 1.67. The van der Waals surface area contributed by atoms with Crippen LogP contribution in [-0.4, -0.2) is 54.3 Å². The van der Waals surface area contributed by atoms with Crippen LogP contribution in [0.15, 0.2) is 18.2 Å². The van der Waals surface area contributed by atoms with E-state index in [0.717, 1.165) is 6.42 Å². The maximum absolute atomic E-state index is 13.6. The molecule has 0 aliphatic carbocycles. The van der Waals surface area contributed by atoms with E-state index in [1.54, 1.807) is 18.0 Å². The van der Waals surface area contributed by atoms with Gasteiger partial charge in [-0.1, -0.05) is 6.07 Å². The van der Waals surface area contributed by atoms with Gasteiger partial charge < -0.3 is 15.1 Å². The zero-order chi connectivity index (χ0) is 18.4. The Labute approximate surface area is 147 Å². The third-order valence-corrected chi connectivity index (χ3v) is 4.53. The largest absolute Gasteiger partial charge is 0.382 e. The molecule has 2 rings (SSSR count). The summed E-state index contributed by atoms with van der Waals surface area (Å²) in [6, 6.07) is 5.83. The van der Waals surface area contributed by atoms with E-state index in [-0.39, 0.29) is 17.4 Å². The van der Waals surface area contributed by atoms with Gasteiger partial charge in [-0.25, -0.2) is 4.39 Å². The molecule has 1 atom stereocenters. The Hall–Kier alpha value is -2.62. The second kappa shape index (κ2) is 8.47. The van der Waals surface area contributed by atoms with Gasteiger partial charge in [0.05, 0.1) is 5.69 Å². The molecule has 25 heavy (non-hydrogen) atoms. The monoisotopic (exact) mass is 346 g/mol. The van der Waals surface area contributed by atoms with E-state index in [1.807, 2.05) is 13.0 Å². The number of piperidine rings is 1. The molecule has 0 radical (unpaired) electrons. The van der Waals surface area contributed by atoms with E-state index >= 15 is 0 Å². The summed E-state index contributed by atoms with van der Waals surface area (Å²) in [5, 5.41) is 12.0. The maximum Gasteiger partial charge on any atom is 0.245 e. The van der Waals surface area contributed by atoms with Crippen molar-refractivity contribution in [3.8, 4) is 6.07 Å². The Morgan fingerprint density at radius 1 is 1.52 bits per heavy atom. The van der Waals surface area contributed by atoms with Crippen LogP contribution in [0.1, 0.15) is 31.7 Å². The number of carbonyl (C=O) groups is 2. The highest BCUT2D eigenvalue weighted by Gasteiger charge is 2.32. The fourth-order valence-corrected chi connectivity index (χ4v) is 3.03.